The van der Waals surface area contributed by atoms with Crippen LogP contribution >= 0.6 is 7.92 Å². The standard InChI is InChI=1S/C9H23O2PSi/c1-4-10-13-11-8-7-9-12(5-2)6-3/h4-9,13H2,1-3H3. The Morgan fingerprint density at radius 2 is 1.77 bits per heavy atom. The fourth-order valence-electron chi connectivity index (χ4n) is 1.13. The van der Waals surface area contributed by atoms with Gasteiger partial charge in [-0.3, -0.25) is 0 Å². The molecule has 0 N–H and O–H groups in total. The van der Waals surface area contributed by atoms with Crippen LogP contribution in [0.15, 0.2) is 0 Å². The summed E-state index contributed by atoms with van der Waals surface area (Å²) < 4.78 is 10.7. The average molecular weight is 222 g/mol. The monoisotopic (exact) mass is 222 g/mol. The fraction of sp³-hybridized carbons (Fsp3) is 1.00. The Morgan fingerprint density at radius 1 is 1.08 bits per heavy atom. The van der Waals surface area contributed by atoms with E-state index in [1.54, 1.807) is 0 Å². The summed E-state index contributed by atoms with van der Waals surface area (Å²) in [5.74, 6) is 0. The summed E-state index contributed by atoms with van der Waals surface area (Å²) in [4.78, 5) is 0. The smallest absolute Gasteiger partial charge is 0.304 e. The Hall–Kier alpha value is 0.567. The lowest BCUT2D eigenvalue weighted by Crippen LogP contribution is -2.06. The molecule has 13 heavy (non-hydrogen) atoms. The summed E-state index contributed by atoms with van der Waals surface area (Å²) in [6.45, 7) is 8.34. The summed E-state index contributed by atoms with van der Waals surface area (Å²) in [5, 5.41) is 0. The molecule has 0 aromatic carbocycles. The molecule has 4 heteroatoms. The van der Waals surface area contributed by atoms with E-state index in [-0.39, 0.29) is 0 Å². The zero-order valence-electron chi connectivity index (χ0n) is 9.21. The minimum Gasteiger partial charge on any atom is -0.399 e. The molecule has 0 aliphatic carbocycles. The number of rotatable bonds is 9. The molecule has 0 atom stereocenters. The minimum absolute atomic E-state index is 0.314. The maximum Gasteiger partial charge on any atom is 0.304 e. The summed E-state index contributed by atoms with van der Waals surface area (Å²) in [7, 11) is -0.325. The van der Waals surface area contributed by atoms with Gasteiger partial charge in [0.2, 0.25) is 0 Å². The Kier molecular flexibility index (Phi) is 11.1. The molecule has 0 amide bonds. The molecule has 0 rings (SSSR count). The van der Waals surface area contributed by atoms with Crippen LogP contribution in [0.3, 0.4) is 0 Å². The van der Waals surface area contributed by atoms with Crippen molar-refractivity contribution in [2.75, 3.05) is 31.7 Å². The van der Waals surface area contributed by atoms with Crippen LogP contribution in [0.1, 0.15) is 27.2 Å². The predicted octanol–water partition coefficient (Wildman–Crippen LogP) is 1.95. The first-order valence-electron chi connectivity index (χ1n) is 5.22. The highest BCUT2D eigenvalue weighted by molar-refractivity contribution is 7.57. The average Bonchev–Trinajstić information content (AvgIpc) is 2.17. The first kappa shape index (κ1) is 13.6. The van der Waals surface area contributed by atoms with E-state index in [0.29, 0.717) is 7.92 Å². The Labute approximate surface area is 86.2 Å². The largest absolute Gasteiger partial charge is 0.399 e. The van der Waals surface area contributed by atoms with Crippen LogP contribution in [0.4, 0.5) is 0 Å². The van der Waals surface area contributed by atoms with Crippen LogP contribution in [0.5, 0.6) is 0 Å². The first-order chi connectivity index (χ1) is 6.35. The summed E-state index contributed by atoms with van der Waals surface area (Å²) in [5.41, 5.74) is 0. The molecule has 0 unspecified atom stereocenters. The van der Waals surface area contributed by atoms with E-state index in [2.05, 4.69) is 13.8 Å². The van der Waals surface area contributed by atoms with Crippen molar-refractivity contribution in [2.45, 2.75) is 27.2 Å². The molecule has 0 saturated carbocycles. The van der Waals surface area contributed by atoms with Crippen LogP contribution in [0.2, 0.25) is 0 Å². The van der Waals surface area contributed by atoms with E-state index >= 15 is 0 Å². The van der Waals surface area contributed by atoms with Gasteiger partial charge in [-0.15, -0.1) is 7.92 Å². The Bertz CT molecular complexity index is 99.6. The van der Waals surface area contributed by atoms with Gasteiger partial charge in [0.25, 0.3) is 0 Å². The van der Waals surface area contributed by atoms with Crippen molar-refractivity contribution >= 4 is 17.9 Å². The highest BCUT2D eigenvalue weighted by atomic mass is 31.1. The molecule has 0 fully saturated rings. The SMILES string of the molecule is CCO[SiH2]OCCCP(CC)CC. The van der Waals surface area contributed by atoms with Crippen molar-refractivity contribution in [3.05, 3.63) is 0 Å². The third kappa shape index (κ3) is 8.89. The molecule has 0 aromatic heterocycles. The molecule has 0 aromatic rings. The van der Waals surface area contributed by atoms with Crippen LogP contribution in [0, 0.1) is 0 Å². The zero-order valence-corrected chi connectivity index (χ0v) is 11.5. The van der Waals surface area contributed by atoms with E-state index in [1.807, 2.05) is 6.92 Å². The second-order valence-electron chi connectivity index (χ2n) is 2.90. The molecule has 0 heterocycles. The predicted molar refractivity (Wildman–Crippen MR) is 63.6 cm³/mol. The van der Waals surface area contributed by atoms with Gasteiger partial charge in [0.05, 0.1) is 0 Å². The second-order valence-corrected chi connectivity index (χ2v) is 7.01. The van der Waals surface area contributed by atoms with Crippen LogP contribution in [-0.4, -0.2) is 41.7 Å². The zero-order chi connectivity index (χ0) is 9.94. The Morgan fingerprint density at radius 3 is 2.31 bits per heavy atom. The van der Waals surface area contributed by atoms with Crippen LogP contribution in [0.25, 0.3) is 0 Å². The van der Waals surface area contributed by atoms with Gasteiger partial charge in [-0.2, -0.15) is 0 Å². The van der Waals surface area contributed by atoms with Gasteiger partial charge in [0, 0.05) is 13.2 Å². The van der Waals surface area contributed by atoms with Crippen molar-refractivity contribution in [2.24, 2.45) is 0 Å². The van der Waals surface area contributed by atoms with Crippen molar-refractivity contribution in [3.8, 4) is 0 Å². The summed E-state index contributed by atoms with van der Waals surface area (Å²) >= 11 is 0. The van der Waals surface area contributed by atoms with Gasteiger partial charge < -0.3 is 8.85 Å². The molecule has 0 aliphatic rings. The topological polar surface area (TPSA) is 18.5 Å². The molecule has 80 valence electrons. The fourth-order valence-corrected chi connectivity index (χ4v) is 3.39. The Balaban J connectivity index is 3.05. The van der Waals surface area contributed by atoms with Crippen LogP contribution in [-0.2, 0) is 8.85 Å². The maximum absolute atomic E-state index is 5.44. The van der Waals surface area contributed by atoms with Crippen molar-refractivity contribution in [1.29, 1.82) is 0 Å². The van der Waals surface area contributed by atoms with Gasteiger partial charge >= 0.3 is 10.0 Å². The molecule has 2 nitrogen and oxygen atoms in total. The highest BCUT2D eigenvalue weighted by Crippen LogP contribution is 2.34. The third-order valence-electron chi connectivity index (χ3n) is 2.03. The lowest BCUT2D eigenvalue weighted by atomic mass is 10.5. The van der Waals surface area contributed by atoms with Gasteiger partial charge in [0.1, 0.15) is 0 Å². The highest BCUT2D eigenvalue weighted by Gasteiger charge is 2.00. The van der Waals surface area contributed by atoms with Gasteiger partial charge in [-0.05, 0) is 31.8 Å². The molecule has 0 bridgehead atoms. The lowest BCUT2D eigenvalue weighted by Gasteiger charge is -2.12. The minimum atomic E-state index is -0.639. The first-order valence-corrected chi connectivity index (χ1v) is 8.28. The maximum atomic E-state index is 5.44. The molecular formula is C9H23O2PSi. The van der Waals surface area contributed by atoms with E-state index in [1.165, 1.54) is 24.9 Å². The number of hydrogen-bond acceptors (Lipinski definition) is 2. The normalized spacial score (nSPS) is 12.0. The third-order valence-corrected chi connectivity index (χ3v) is 5.80. The van der Waals surface area contributed by atoms with E-state index in [9.17, 15) is 0 Å². The van der Waals surface area contributed by atoms with Crippen molar-refractivity contribution < 1.29 is 8.85 Å². The van der Waals surface area contributed by atoms with Gasteiger partial charge in [-0.1, -0.05) is 13.8 Å². The lowest BCUT2D eigenvalue weighted by molar-refractivity contribution is 0.231. The van der Waals surface area contributed by atoms with E-state index in [0.717, 1.165) is 13.2 Å². The number of hydrogen-bond donors (Lipinski definition) is 0. The quantitative estimate of drug-likeness (QED) is 0.337. The van der Waals surface area contributed by atoms with E-state index in [4.69, 9.17) is 8.85 Å². The second kappa shape index (κ2) is 10.6. The van der Waals surface area contributed by atoms with Gasteiger partial charge in [0.15, 0.2) is 0 Å². The molecular weight excluding hydrogens is 199 g/mol. The van der Waals surface area contributed by atoms with Crippen LogP contribution < -0.4 is 0 Å². The summed E-state index contributed by atoms with van der Waals surface area (Å²) in [6, 6.07) is 0. The molecule has 0 aliphatic heterocycles. The van der Waals surface area contributed by atoms with Crippen molar-refractivity contribution in [1.82, 2.24) is 0 Å². The molecule has 0 spiro atoms. The van der Waals surface area contributed by atoms with Gasteiger partial charge in [-0.25, -0.2) is 0 Å². The molecule has 0 saturated heterocycles. The van der Waals surface area contributed by atoms with E-state index < -0.39 is 10.0 Å². The van der Waals surface area contributed by atoms with Crippen molar-refractivity contribution in [3.63, 3.8) is 0 Å². The summed E-state index contributed by atoms with van der Waals surface area (Å²) in [6.07, 6.45) is 5.35. The molecule has 0 radical (unpaired) electrons.